The van der Waals surface area contributed by atoms with Crippen molar-refractivity contribution >= 4 is 5.91 Å². The summed E-state index contributed by atoms with van der Waals surface area (Å²) < 4.78 is 0. The highest BCUT2D eigenvalue weighted by Gasteiger charge is 2.13. The van der Waals surface area contributed by atoms with Crippen LogP contribution in [0.25, 0.3) is 0 Å². The van der Waals surface area contributed by atoms with Gasteiger partial charge in [-0.05, 0) is 17.7 Å². The van der Waals surface area contributed by atoms with Crippen LogP contribution in [0.3, 0.4) is 0 Å². The number of hydrogen-bond donors (Lipinski definition) is 2. The molecule has 0 radical (unpaired) electrons. The van der Waals surface area contributed by atoms with Gasteiger partial charge in [0, 0.05) is 25.2 Å². The van der Waals surface area contributed by atoms with E-state index in [0.29, 0.717) is 25.2 Å². The molecule has 0 fully saturated rings. The maximum Gasteiger partial charge on any atom is 0.254 e. The van der Waals surface area contributed by atoms with E-state index in [1.807, 2.05) is 12.1 Å². The van der Waals surface area contributed by atoms with Crippen molar-refractivity contribution in [2.75, 3.05) is 19.7 Å². The smallest absolute Gasteiger partial charge is 0.254 e. The maximum absolute atomic E-state index is 12.1. The van der Waals surface area contributed by atoms with Crippen LogP contribution in [0.15, 0.2) is 36.9 Å². The molecule has 4 nitrogen and oxygen atoms in total. The van der Waals surface area contributed by atoms with Crippen molar-refractivity contribution in [1.29, 1.82) is 0 Å². The van der Waals surface area contributed by atoms with Crippen LogP contribution in [0.5, 0.6) is 0 Å². The molecular formula is C13H18N2O2. The van der Waals surface area contributed by atoms with Gasteiger partial charge in [-0.2, -0.15) is 0 Å². The molecule has 0 aliphatic carbocycles. The van der Waals surface area contributed by atoms with Crippen LogP contribution in [-0.2, 0) is 6.54 Å². The highest BCUT2D eigenvalue weighted by atomic mass is 16.3. The summed E-state index contributed by atoms with van der Waals surface area (Å²) in [5.41, 5.74) is 7.07. The van der Waals surface area contributed by atoms with Gasteiger partial charge in [0.25, 0.3) is 5.91 Å². The lowest BCUT2D eigenvalue weighted by atomic mass is 10.1. The van der Waals surface area contributed by atoms with Crippen molar-refractivity contribution in [3.63, 3.8) is 0 Å². The number of aliphatic hydroxyl groups is 1. The summed E-state index contributed by atoms with van der Waals surface area (Å²) in [4.78, 5) is 13.6. The predicted octanol–water partition coefficient (Wildman–Crippen LogP) is 0.766. The van der Waals surface area contributed by atoms with E-state index >= 15 is 0 Å². The molecule has 0 spiro atoms. The molecule has 1 amide bonds. The van der Waals surface area contributed by atoms with Crippen LogP contribution in [-0.4, -0.2) is 35.6 Å². The van der Waals surface area contributed by atoms with Gasteiger partial charge in [-0.3, -0.25) is 4.79 Å². The Balaban J connectivity index is 2.80. The molecule has 17 heavy (non-hydrogen) atoms. The summed E-state index contributed by atoms with van der Waals surface area (Å²) in [6.45, 7) is 4.74. The quantitative estimate of drug-likeness (QED) is 0.714. The van der Waals surface area contributed by atoms with Crippen molar-refractivity contribution in [1.82, 2.24) is 4.90 Å². The normalized spacial score (nSPS) is 10.0. The molecular weight excluding hydrogens is 216 g/mol. The van der Waals surface area contributed by atoms with Crippen molar-refractivity contribution in [2.24, 2.45) is 5.73 Å². The molecule has 1 aromatic carbocycles. The Bertz CT molecular complexity index is 374. The first kappa shape index (κ1) is 13.4. The largest absolute Gasteiger partial charge is 0.395 e. The first-order chi connectivity index (χ1) is 8.22. The Kier molecular flexibility index (Phi) is 5.39. The fourth-order valence-electron chi connectivity index (χ4n) is 1.52. The van der Waals surface area contributed by atoms with E-state index in [1.165, 1.54) is 0 Å². The number of carbonyl (C=O) groups is 1. The summed E-state index contributed by atoms with van der Waals surface area (Å²) in [6, 6.07) is 7.16. The number of nitrogens with two attached hydrogens (primary N) is 1. The molecule has 3 N–H and O–H groups in total. The predicted molar refractivity (Wildman–Crippen MR) is 67.5 cm³/mol. The van der Waals surface area contributed by atoms with E-state index in [9.17, 15) is 4.79 Å². The Labute approximate surface area is 101 Å². The number of rotatable bonds is 6. The average Bonchev–Trinajstić information content (AvgIpc) is 2.38. The van der Waals surface area contributed by atoms with Gasteiger partial charge in [0.2, 0.25) is 0 Å². The number of aliphatic hydroxyl groups excluding tert-OH is 1. The number of carbonyl (C=O) groups excluding carboxylic acids is 1. The van der Waals surface area contributed by atoms with Crippen LogP contribution in [0.1, 0.15) is 15.9 Å². The summed E-state index contributed by atoms with van der Waals surface area (Å²) in [5, 5.41) is 8.90. The molecule has 0 bridgehead atoms. The highest BCUT2D eigenvalue weighted by Crippen LogP contribution is 2.07. The van der Waals surface area contributed by atoms with E-state index in [1.54, 1.807) is 23.1 Å². The first-order valence-electron chi connectivity index (χ1n) is 5.53. The fourth-order valence-corrected chi connectivity index (χ4v) is 1.52. The van der Waals surface area contributed by atoms with E-state index in [-0.39, 0.29) is 12.5 Å². The number of hydrogen-bond acceptors (Lipinski definition) is 3. The third-order valence-electron chi connectivity index (χ3n) is 2.44. The molecule has 4 heteroatoms. The van der Waals surface area contributed by atoms with Crippen LogP contribution in [0, 0.1) is 0 Å². The van der Waals surface area contributed by atoms with Gasteiger partial charge in [-0.15, -0.1) is 6.58 Å². The average molecular weight is 234 g/mol. The lowest BCUT2D eigenvalue weighted by Gasteiger charge is -2.20. The number of nitrogens with zero attached hydrogens (tertiary/aromatic N) is 1. The zero-order valence-corrected chi connectivity index (χ0v) is 9.80. The van der Waals surface area contributed by atoms with Crippen LogP contribution in [0.2, 0.25) is 0 Å². The number of amides is 1. The summed E-state index contributed by atoms with van der Waals surface area (Å²) in [7, 11) is 0. The Morgan fingerprint density at radius 3 is 2.53 bits per heavy atom. The van der Waals surface area contributed by atoms with E-state index < -0.39 is 0 Å². The maximum atomic E-state index is 12.1. The molecule has 0 atom stereocenters. The van der Waals surface area contributed by atoms with E-state index in [4.69, 9.17) is 10.8 Å². The molecule has 0 aromatic heterocycles. The van der Waals surface area contributed by atoms with Crippen LogP contribution >= 0.6 is 0 Å². The summed E-state index contributed by atoms with van der Waals surface area (Å²) in [6.07, 6.45) is 1.64. The molecule has 0 saturated heterocycles. The third-order valence-corrected chi connectivity index (χ3v) is 2.44. The first-order valence-corrected chi connectivity index (χ1v) is 5.53. The van der Waals surface area contributed by atoms with Gasteiger partial charge in [0.15, 0.2) is 0 Å². The minimum absolute atomic E-state index is 0.0551. The van der Waals surface area contributed by atoms with Crippen LogP contribution in [0.4, 0.5) is 0 Å². The molecule has 0 heterocycles. The van der Waals surface area contributed by atoms with Gasteiger partial charge in [0.05, 0.1) is 6.61 Å². The lowest BCUT2D eigenvalue weighted by Crippen LogP contribution is -2.33. The number of benzene rings is 1. The standard InChI is InChI=1S/C13H18N2O2/c1-2-7-15(8-9-16)13(17)12-5-3-11(10-14)4-6-12/h2-6,16H,1,7-10,14H2. The van der Waals surface area contributed by atoms with Gasteiger partial charge in [-0.25, -0.2) is 0 Å². The fraction of sp³-hybridized carbons (Fsp3) is 0.308. The molecule has 0 saturated carbocycles. The Hall–Kier alpha value is -1.65. The van der Waals surface area contributed by atoms with Crippen molar-refractivity contribution < 1.29 is 9.90 Å². The summed E-state index contributed by atoms with van der Waals surface area (Å²) in [5.74, 6) is -0.109. The highest BCUT2D eigenvalue weighted by molar-refractivity contribution is 5.94. The molecule has 1 rings (SSSR count). The Morgan fingerprint density at radius 2 is 2.06 bits per heavy atom. The van der Waals surface area contributed by atoms with Gasteiger partial charge in [0.1, 0.15) is 0 Å². The SMILES string of the molecule is C=CCN(CCO)C(=O)c1ccc(CN)cc1. The van der Waals surface area contributed by atoms with Crippen molar-refractivity contribution in [3.8, 4) is 0 Å². The zero-order valence-electron chi connectivity index (χ0n) is 9.80. The summed E-state index contributed by atoms with van der Waals surface area (Å²) >= 11 is 0. The second-order valence-electron chi connectivity index (χ2n) is 3.66. The third kappa shape index (κ3) is 3.69. The lowest BCUT2D eigenvalue weighted by molar-refractivity contribution is 0.0743. The van der Waals surface area contributed by atoms with Gasteiger partial charge < -0.3 is 15.7 Å². The monoisotopic (exact) mass is 234 g/mol. The molecule has 92 valence electrons. The topological polar surface area (TPSA) is 66.6 Å². The second kappa shape index (κ2) is 6.83. The molecule has 0 aliphatic heterocycles. The zero-order chi connectivity index (χ0) is 12.7. The van der Waals surface area contributed by atoms with E-state index in [0.717, 1.165) is 5.56 Å². The van der Waals surface area contributed by atoms with Crippen molar-refractivity contribution in [3.05, 3.63) is 48.0 Å². The van der Waals surface area contributed by atoms with E-state index in [2.05, 4.69) is 6.58 Å². The van der Waals surface area contributed by atoms with Gasteiger partial charge >= 0.3 is 0 Å². The molecule has 0 unspecified atom stereocenters. The molecule has 1 aromatic rings. The minimum atomic E-state index is -0.109. The van der Waals surface area contributed by atoms with Gasteiger partial charge in [-0.1, -0.05) is 18.2 Å². The Morgan fingerprint density at radius 1 is 1.41 bits per heavy atom. The van der Waals surface area contributed by atoms with Crippen molar-refractivity contribution in [2.45, 2.75) is 6.54 Å². The van der Waals surface area contributed by atoms with Crippen LogP contribution < -0.4 is 5.73 Å². The molecule has 0 aliphatic rings. The second-order valence-corrected chi connectivity index (χ2v) is 3.66. The minimum Gasteiger partial charge on any atom is -0.395 e.